The topological polar surface area (TPSA) is 37.8 Å². The first-order valence-electron chi connectivity index (χ1n) is 4.60. The van der Waals surface area contributed by atoms with E-state index in [2.05, 4.69) is 31.2 Å². The first kappa shape index (κ1) is 8.94. The van der Waals surface area contributed by atoms with E-state index in [1.54, 1.807) is 6.20 Å². The Kier molecular flexibility index (Phi) is 2.78. The predicted molar refractivity (Wildman–Crippen MR) is 55.6 cm³/mol. The fraction of sp³-hybridized carbons (Fsp3) is 0.556. The zero-order valence-electron chi connectivity index (χ0n) is 7.33. The Morgan fingerprint density at radius 1 is 1.38 bits per heavy atom. The molecule has 1 aliphatic carbocycles. The van der Waals surface area contributed by atoms with E-state index in [1.165, 1.54) is 25.7 Å². The summed E-state index contributed by atoms with van der Waals surface area (Å²) in [5.41, 5.74) is 0. The maximum absolute atomic E-state index is 4.23. The Hall–Kier alpha value is -0.640. The Morgan fingerprint density at radius 2 is 2.15 bits per heavy atom. The largest absolute Gasteiger partial charge is 0.351 e. The van der Waals surface area contributed by atoms with E-state index in [0.29, 0.717) is 6.04 Å². The van der Waals surface area contributed by atoms with Crippen LogP contribution in [-0.4, -0.2) is 16.0 Å². The molecule has 0 bridgehead atoms. The van der Waals surface area contributed by atoms with Crippen molar-refractivity contribution in [2.75, 3.05) is 5.32 Å². The van der Waals surface area contributed by atoms with E-state index in [9.17, 15) is 0 Å². The zero-order valence-corrected chi connectivity index (χ0v) is 8.92. The summed E-state index contributed by atoms with van der Waals surface area (Å²) >= 11 is 3.32. The van der Waals surface area contributed by atoms with E-state index in [0.717, 1.165) is 10.6 Å². The van der Waals surface area contributed by atoms with Crippen molar-refractivity contribution in [3.05, 3.63) is 16.9 Å². The van der Waals surface area contributed by atoms with Crippen molar-refractivity contribution in [1.82, 2.24) is 9.97 Å². The fourth-order valence-corrected chi connectivity index (χ4v) is 1.95. The molecule has 3 nitrogen and oxygen atoms in total. The molecule has 1 N–H and O–H groups in total. The summed E-state index contributed by atoms with van der Waals surface area (Å²) in [6, 6.07) is 2.41. The standard InChI is InChI=1S/C9H12BrN3/c10-8-5-6-11-9(13-8)12-7-3-1-2-4-7/h5-7H,1-4H2,(H,11,12,13). The molecule has 1 aliphatic rings. The van der Waals surface area contributed by atoms with Crippen LogP contribution in [0.1, 0.15) is 25.7 Å². The lowest BCUT2D eigenvalue weighted by molar-refractivity contribution is 0.743. The minimum atomic E-state index is 0.578. The molecule has 1 saturated carbocycles. The molecular formula is C9H12BrN3. The van der Waals surface area contributed by atoms with E-state index in [1.807, 2.05) is 6.07 Å². The summed E-state index contributed by atoms with van der Waals surface area (Å²) in [5, 5.41) is 3.33. The van der Waals surface area contributed by atoms with Crippen molar-refractivity contribution < 1.29 is 0 Å². The first-order chi connectivity index (χ1) is 6.34. The second-order valence-corrected chi connectivity index (χ2v) is 4.14. The molecule has 0 aliphatic heterocycles. The van der Waals surface area contributed by atoms with Crippen LogP contribution in [-0.2, 0) is 0 Å². The molecule has 0 amide bonds. The van der Waals surface area contributed by atoms with Gasteiger partial charge in [-0.05, 0) is 34.8 Å². The number of anilines is 1. The maximum atomic E-state index is 4.23. The average Bonchev–Trinajstić information content (AvgIpc) is 2.57. The molecule has 1 aromatic rings. The van der Waals surface area contributed by atoms with Crippen LogP contribution >= 0.6 is 15.9 Å². The quantitative estimate of drug-likeness (QED) is 0.810. The smallest absolute Gasteiger partial charge is 0.223 e. The van der Waals surface area contributed by atoms with Crippen molar-refractivity contribution in [2.45, 2.75) is 31.7 Å². The van der Waals surface area contributed by atoms with Crippen LogP contribution in [0.3, 0.4) is 0 Å². The second-order valence-electron chi connectivity index (χ2n) is 3.33. The van der Waals surface area contributed by atoms with Gasteiger partial charge in [0.25, 0.3) is 0 Å². The minimum absolute atomic E-state index is 0.578. The number of hydrogen-bond donors (Lipinski definition) is 1. The Morgan fingerprint density at radius 3 is 2.85 bits per heavy atom. The molecule has 2 rings (SSSR count). The summed E-state index contributed by atoms with van der Waals surface area (Å²) < 4.78 is 0.836. The van der Waals surface area contributed by atoms with Crippen LogP contribution in [0, 0.1) is 0 Å². The normalized spacial score (nSPS) is 17.6. The van der Waals surface area contributed by atoms with Gasteiger partial charge < -0.3 is 5.32 Å². The highest BCUT2D eigenvalue weighted by Crippen LogP contribution is 2.20. The second kappa shape index (κ2) is 4.05. The average molecular weight is 242 g/mol. The van der Waals surface area contributed by atoms with Crippen LogP contribution < -0.4 is 5.32 Å². The van der Waals surface area contributed by atoms with Gasteiger partial charge in [-0.3, -0.25) is 0 Å². The first-order valence-corrected chi connectivity index (χ1v) is 5.39. The number of rotatable bonds is 2. The molecule has 0 radical (unpaired) electrons. The maximum Gasteiger partial charge on any atom is 0.223 e. The lowest BCUT2D eigenvalue weighted by Crippen LogP contribution is -2.16. The third kappa shape index (κ3) is 2.40. The summed E-state index contributed by atoms with van der Waals surface area (Å²) in [4.78, 5) is 8.38. The molecule has 1 heterocycles. The minimum Gasteiger partial charge on any atom is -0.351 e. The summed E-state index contributed by atoms with van der Waals surface area (Å²) in [6.07, 6.45) is 6.90. The van der Waals surface area contributed by atoms with Crippen molar-refractivity contribution in [3.63, 3.8) is 0 Å². The van der Waals surface area contributed by atoms with Gasteiger partial charge in [0.1, 0.15) is 4.60 Å². The van der Waals surface area contributed by atoms with Crippen LogP contribution in [0.5, 0.6) is 0 Å². The number of aromatic nitrogens is 2. The van der Waals surface area contributed by atoms with Crippen molar-refractivity contribution >= 4 is 21.9 Å². The number of hydrogen-bond acceptors (Lipinski definition) is 3. The van der Waals surface area contributed by atoms with Crippen LogP contribution in [0.25, 0.3) is 0 Å². The highest BCUT2D eigenvalue weighted by atomic mass is 79.9. The van der Waals surface area contributed by atoms with Crippen molar-refractivity contribution in [3.8, 4) is 0 Å². The highest BCUT2D eigenvalue weighted by Gasteiger charge is 2.15. The van der Waals surface area contributed by atoms with Crippen molar-refractivity contribution in [2.24, 2.45) is 0 Å². The van der Waals surface area contributed by atoms with Gasteiger partial charge in [-0.25, -0.2) is 9.97 Å². The molecule has 0 aromatic carbocycles. The van der Waals surface area contributed by atoms with E-state index < -0.39 is 0 Å². The van der Waals surface area contributed by atoms with Crippen LogP contribution in [0.15, 0.2) is 16.9 Å². The van der Waals surface area contributed by atoms with Gasteiger partial charge in [0.2, 0.25) is 5.95 Å². The molecular weight excluding hydrogens is 230 g/mol. The zero-order chi connectivity index (χ0) is 9.10. The molecule has 4 heteroatoms. The van der Waals surface area contributed by atoms with Gasteiger partial charge in [0.15, 0.2) is 0 Å². The van der Waals surface area contributed by atoms with E-state index in [-0.39, 0.29) is 0 Å². The predicted octanol–water partition coefficient (Wildman–Crippen LogP) is 2.59. The Labute approximate surface area is 86.1 Å². The summed E-state index contributed by atoms with van der Waals surface area (Å²) in [6.45, 7) is 0. The molecule has 0 unspecified atom stereocenters. The Bertz CT molecular complexity index is 284. The third-order valence-electron chi connectivity index (χ3n) is 2.31. The van der Waals surface area contributed by atoms with E-state index >= 15 is 0 Å². The van der Waals surface area contributed by atoms with Gasteiger partial charge in [0.05, 0.1) is 0 Å². The molecule has 0 spiro atoms. The van der Waals surface area contributed by atoms with Crippen LogP contribution in [0.2, 0.25) is 0 Å². The fourth-order valence-electron chi connectivity index (χ4n) is 1.66. The lowest BCUT2D eigenvalue weighted by atomic mass is 10.3. The highest BCUT2D eigenvalue weighted by molar-refractivity contribution is 9.10. The van der Waals surface area contributed by atoms with E-state index in [4.69, 9.17) is 0 Å². The van der Waals surface area contributed by atoms with Gasteiger partial charge in [-0.1, -0.05) is 12.8 Å². The monoisotopic (exact) mass is 241 g/mol. The summed E-state index contributed by atoms with van der Waals surface area (Å²) in [7, 11) is 0. The summed E-state index contributed by atoms with van der Waals surface area (Å²) in [5.74, 6) is 0.737. The van der Waals surface area contributed by atoms with Gasteiger partial charge >= 0.3 is 0 Å². The third-order valence-corrected chi connectivity index (χ3v) is 2.75. The molecule has 0 atom stereocenters. The molecule has 0 saturated heterocycles. The molecule has 70 valence electrons. The number of nitrogens with zero attached hydrogens (tertiary/aromatic N) is 2. The molecule has 1 aromatic heterocycles. The lowest BCUT2D eigenvalue weighted by Gasteiger charge is -2.10. The molecule has 13 heavy (non-hydrogen) atoms. The molecule has 1 fully saturated rings. The van der Waals surface area contributed by atoms with Gasteiger partial charge in [0, 0.05) is 12.2 Å². The number of halogens is 1. The number of nitrogens with one attached hydrogen (secondary N) is 1. The van der Waals surface area contributed by atoms with Gasteiger partial charge in [-0.2, -0.15) is 0 Å². The van der Waals surface area contributed by atoms with Crippen LogP contribution in [0.4, 0.5) is 5.95 Å². The Balaban J connectivity index is 2.00. The van der Waals surface area contributed by atoms with Gasteiger partial charge in [-0.15, -0.1) is 0 Å². The van der Waals surface area contributed by atoms with Crippen molar-refractivity contribution in [1.29, 1.82) is 0 Å². The SMILES string of the molecule is Brc1ccnc(NC2CCCC2)n1.